The first-order chi connectivity index (χ1) is 11.0. The molecule has 0 unspecified atom stereocenters. The van der Waals surface area contributed by atoms with Crippen molar-refractivity contribution in [2.24, 2.45) is 0 Å². The van der Waals surface area contributed by atoms with Gasteiger partial charge in [0.05, 0.1) is 26.7 Å². The highest BCUT2D eigenvalue weighted by Gasteiger charge is 2.20. The molecule has 5 nitrogen and oxygen atoms in total. The highest BCUT2D eigenvalue weighted by Crippen LogP contribution is 2.40. The van der Waals surface area contributed by atoms with Crippen molar-refractivity contribution >= 4 is 33.5 Å². The Morgan fingerprint density at radius 1 is 0.957 bits per heavy atom. The molecule has 2 aromatic carbocycles. The van der Waals surface area contributed by atoms with Crippen LogP contribution in [0, 0.1) is 6.92 Å². The average molecular weight is 335 g/mol. The summed E-state index contributed by atoms with van der Waals surface area (Å²) in [6, 6.07) is 5.04. The molecule has 3 aromatic rings. The number of methoxy groups -OCH3 is 3. The summed E-state index contributed by atoms with van der Waals surface area (Å²) in [6.45, 7) is 1.82. The van der Waals surface area contributed by atoms with E-state index in [1.807, 2.05) is 6.92 Å². The lowest BCUT2D eigenvalue weighted by Crippen LogP contribution is -2.07. The fraction of sp³-hybridized carbons (Fsp3) is 0.235. The molecular formula is C17H15ClO5. The fourth-order valence-electron chi connectivity index (χ4n) is 2.68. The molecule has 6 heteroatoms. The van der Waals surface area contributed by atoms with Crippen molar-refractivity contribution in [1.82, 2.24) is 0 Å². The number of hydrogen-bond donors (Lipinski definition) is 0. The molecule has 23 heavy (non-hydrogen) atoms. The van der Waals surface area contributed by atoms with E-state index >= 15 is 0 Å². The van der Waals surface area contributed by atoms with Gasteiger partial charge < -0.3 is 18.6 Å². The molecule has 1 heterocycles. The number of hydrogen-bond acceptors (Lipinski definition) is 5. The zero-order valence-corrected chi connectivity index (χ0v) is 13.9. The van der Waals surface area contributed by atoms with Gasteiger partial charge in [0.15, 0.2) is 5.75 Å². The van der Waals surface area contributed by atoms with Gasteiger partial charge in [0.1, 0.15) is 33.1 Å². The van der Waals surface area contributed by atoms with E-state index in [4.69, 9.17) is 30.2 Å². The predicted octanol–water partition coefficient (Wildman–Crippen LogP) is 3.93. The predicted molar refractivity (Wildman–Crippen MR) is 89.4 cm³/mol. The molecular weight excluding hydrogens is 320 g/mol. The second kappa shape index (κ2) is 5.66. The minimum absolute atomic E-state index is 0.206. The summed E-state index contributed by atoms with van der Waals surface area (Å²) in [7, 11) is 4.50. The lowest BCUT2D eigenvalue weighted by molar-refractivity contribution is 0.397. The largest absolute Gasteiger partial charge is 0.497 e. The van der Waals surface area contributed by atoms with Crippen LogP contribution in [0.5, 0.6) is 17.2 Å². The van der Waals surface area contributed by atoms with Crippen LogP contribution in [0.2, 0.25) is 5.02 Å². The summed E-state index contributed by atoms with van der Waals surface area (Å²) in [4.78, 5) is 13.0. The maximum atomic E-state index is 13.0. The van der Waals surface area contributed by atoms with Crippen molar-refractivity contribution in [2.45, 2.75) is 6.92 Å². The molecule has 0 atom stereocenters. The van der Waals surface area contributed by atoms with Gasteiger partial charge in [-0.3, -0.25) is 4.79 Å². The monoisotopic (exact) mass is 334 g/mol. The quantitative estimate of drug-likeness (QED) is 0.679. The molecule has 0 saturated heterocycles. The normalized spacial score (nSPS) is 11.0. The zero-order chi connectivity index (χ0) is 16.7. The summed E-state index contributed by atoms with van der Waals surface area (Å²) in [5.74, 6) is 1.23. The molecule has 0 spiro atoms. The van der Waals surface area contributed by atoms with Crippen LogP contribution in [0.4, 0.5) is 0 Å². The van der Waals surface area contributed by atoms with Crippen LogP contribution < -0.4 is 19.6 Å². The van der Waals surface area contributed by atoms with Crippen LogP contribution >= 0.6 is 11.6 Å². The standard InChI is InChI=1S/C17H15ClO5/c1-8-5-9(20-2)6-10-13(8)16(19)14-11(23-10)7-12(21-3)15(18)17(14)22-4/h5-7H,1-4H3. The van der Waals surface area contributed by atoms with E-state index in [2.05, 4.69) is 0 Å². The van der Waals surface area contributed by atoms with Crippen LogP contribution in [0.1, 0.15) is 5.56 Å². The lowest BCUT2D eigenvalue weighted by Gasteiger charge is -2.12. The molecule has 0 radical (unpaired) electrons. The maximum Gasteiger partial charge on any atom is 0.204 e. The van der Waals surface area contributed by atoms with E-state index < -0.39 is 0 Å². The Balaban J connectivity index is 2.56. The van der Waals surface area contributed by atoms with E-state index in [1.54, 1.807) is 25.3 Å². The van der Waals surface area contributed by atoms with Crippen LogP contribution in [0.3, 0.4) is 0 Å². The van der Waals surface area contributed by atoms with E-state index in [0.717, 1.165) is 5.56 Å². The molecule has 0 fully saturated rings. The summed E-state index contributed by atoms with van der Waals surface area (Å²) >= 11 is 6.25. The molecule has 0 aliphatic rings. The van der Waals surface area contributed by atoms with Crippen molar-refractivity contribution < 1.29 is 18.6 Å². The maximum absolute atomic E-state index is 13.0. The van der Waals surface area contributed by atoms with Crippen molar-refractivity contribution in [3.63, 3.8) is 0 Å². The van der Waals surface area contributed by atoms with E-state index in [9.17, 15) is 4.79 Å². The summed E-state index contributed by atoms with van der Waals surface area (Å²) in [5.41, 5.74) is 1.32. The first kappa shape index (κ1) is 15.5. The fourth-order valence-corrected chi connectivity index (χ4v) is 2.98. The van der Waals surface area contributed by atoms with Gasteiger partial charge >= 0.3 is 0 Å². The SMILES string of the molecule is COc1cc(C)c2c(=O)c3c(OC)c(Cl)c(OC)cc3oc2c1. The Labute approximate surface area is 137 Å². The van der Waals surface area contributed by atoms with E-state index in [1.165, 1.54) is 14.2 Å². The first-order valence-corrected chi connectivity index (χ1v) is 7.25. The van der Waals surface area contributed by atoms with Crippen molar-refractivity contribution in [3.05, 3.63) is 39.0 Å². The van der Waals surface area contributed by atoms with Crippen molar-refractivity contribution in [2.75, 3.05) is 21.3 Å². The zero-order valence-electron chi connectivity index (χ0n) is 13.2. The molecule has 1 aromatic heterocycles. The number of rotatable bonds is 3. The molecule has 0 bridgehead atoms. The molecule has 0 aliphatic carbocycles. The van der Waals surface area contributed by atoms with Crippen LogP contribution in [-0.4, -0.2) is 21.3 Å². The van der Waals surface area contributed by atoms with Gasteiger partial charge in [0, 0.05) is 12.1 Å². The van der Waals surface area contributed by atoms with Gasteiger partial charge in [-0.25, -0.2) is 0 Å². The Morgan fingerprint density at radius 2 is 1.65 bits per heavy atom. The second-order valence-electron chi connectivity index (χ2n) is 5.05. The van der Waals surface area contributed by atoms with Gasteiger partial charge in [-0.15, -0.1) is 0 Å². The van der Waals surface area contributed by atoms with Gasteiger partial charge in [-0.2, -0.15) is 0 Å². The molecule has 0 amide bonds. The van der Waals surface area contributed by atoms with Gasteiger partial charge in [-0.1, -0.05) is 11.6 Å². The Hall–Kier alpha value is -2.40. The lowest BCUT2D eigenvalue weighted by atomic mass is 10.1. The first-order valence-electron chi connectivity index (χ1n) is 6.87. The minimum atomic E-state index is -0.206. The van der Waals surface area contributed by atoms with Crippen molar-refractivity contribution in [1.29, 1.82) is 0 Å². The third kappa shape index (κ3) is 2.28. The highest BCUT2D eigenvalue weighted by atomic mass is 35.5. The average Bonchev–Trinajstić information content (AvgIpc) is 2.54. The summed E-state index contributed by atoms with van der Waals surface area (Å²) in [5, 5.41) is 0.997. The van der Waals surface area contributed by atoms with Gasteiger partial charge in [0.2, 0.25) is 5.43 Å². The Bertz CT molecular complexity index is 975. The molecule has 0 saturated carbocycles. The van der Waals surface area contributed by atoms with Gasteiger partial charge in [0.25, 0.3) is 0 Å². The number of benzene rings is 2. The number of aryl methyl sites for hydroxylation is 1. The summed E-state index contributed by atoms with van der Waals surface area (Å²) < 4.78 is 21.7. The van der Waals surface area contributed by atoms with Crippen LogP contribution in [0.25, 0.3) is 21.9 Å². The number of ether oxygens (including phenoxy) is 3. The molecule has 0 N–H and O–H groups in total. The topological polar surface area (TPSA) is 57.9 Å². The highest BCUT2D eigenvalue weighted by molar-refractivity contribution is 6.34. The molecule has 3 rings (SSSR count). The number of fused-ring (bicyclic) bond motifs is 2. The Kier molecular flexibility index (Phi) is 3.82. The Morgan fingerprint density at radius 3 is 2.26 bits per heavy atom. The van der Waals surface area contributed by atoms with Gasteiger partial charge in [-0.05, 0) is 18.6 Å². The van der Waals surface area contributed by atoms with E-state index in [-0.39, 0.29) is 16.2 Å². The number of halogens is 1. The van der Waals surface area contributed by atoms with Crippen LogP contribution in [0.15, 0.2) is 27.4 Å². The molecule has 120 valence electrons. The third-order valence-electron chi connectivity index (χ3n) is 3.76. The second-order valence-corrected chi connectivity index (χ2v) is 5.43. The third-order valence-corrected chi connectivity index (χ3v) is 4.12. The smallest absolute Gasteiger partial charge is 0.204 e. The minimum Gasteiger partial charge on any atom is -0.497 e. The summed E-state index contributed by atoms with van der Waals surface area (Å²) in [6.07, 6.45) is 0. The van der Waals surface area contributed by atoms with Crippen LogP contribution in [-0.2, 0) is 0 Å². The van der Waals surface area contributed by atoms with E-state index in [0.29, 0.717) is 33.4 Å². The van der Waals surface area contributed by atoms with Crippen molar-refractivity contribution in [3.8, 4) is 17.2 Å². The molecule has 0 aliphatic heterocycles.